The summed E-state index contributed by atoms with van der Waals surface area (Å²) in [4.78, 5) is 27.3. The molecule has 0 bridgehead atoms. The van der Waals surface area contributed by atoms with Gasteiger partial charge in [-0.05, 0) is 24.3 Å². The minimum atomic E-state index is -0.309. The highest BCUT2D eigenvalue weighted by molar-refractivity contribution is 6.03. The van der Waals surface area contributed by atoms with Crippen molar-refractivity contribution in [3.63, 3.8) is 0 Å². The van der Waals surface area contributed by atoms with E-state index in [9.17, 15) is 9.59 Å². The molecule has 0 saturated carbocycles. The van der Waals surface area contributed by atoms with Gasteiger partial charge in [0, 0.05) is 11.9 Å². The monoisotopic (exact) mass is 265 g/mol. The van der Waals surface area contributed by atoms with Crippen molar-refractivity contribution in [3.05, 3.63) is 66.1 Å². The Kier molecular flexibility index (Phi) is 3.01. The van der Waals surface area contributed by atoms with E-state index in [4.69, 9.17) is 0 Å². The van der Waals surface area contributed by atoms with Gasteiger partial charge in [0.15, 0.2) is 6.29 Å². The number of hydrogen-bond donors (Lipinski definition) is 1. The summed E-state index contributed by atoms with van der Waals surface area (Å²) in [5.74, 6) is -0.309. The van der Waals surface area contributed by atoms with Crippen LogP contribution in [0.15, 0.2) is 54.7 Å². The van der Waals surface area contributed by atoms with Gasteiger partial charge < -0.3 is 5.32 Å². The first-order chi connectivity index (χ1) is 9.78. The molecule has 0 aliphatic heterocycles. The molecular formula is C15H11N3O2. The number of pyridine rings is 1. The topological polar surface area (TPSA) is 63.5 Å². The molecule has 20 heavy (non-hydrogen) atoms. The molecule has 2 heterocycles. The van der Waals surface area contributed by atoms with Gasteiger partial charge in [-0.1, -0.05) is 24.3 Å². The van der Waals surface area contributed by atoms with E-state index in [0.29, 0.717) is 17.0 Å². The van der Waals surface area contributed by atoms with E-state index in [1.54, 1.807) is 40.9 Å². The SMILES string of the molecule is O=Cc1cccc2nc(C(=O)Nc3ccccc3)cn12. The number of fused-ring (bicyclic) bond motifs is 1. The highest BCUT2D eigenvalue weighted by Crippen LogP contribution is 2.11. The smallest absolute Gasteiger partial charge is 0.275 e. The number of aromatic nitrogens is 2. The van der Waals surface area contributed by atoms with Gasteiger partial charge in [0.05, 0.1) is 5.69 Å². The van der Waals surface area contributed by atoms with E-state index < -0.39 is 0 Å². The summed E-state index contributed by atoms with van der Waals surface area (Å²) in [6, 6.07) is 14.3. The van der Waals surface area contributed by atoms with Crippen molar-refractivity contribution < 1.29 is 9.59 Å². The summed E-state index contributed by atoms with van der Waals surface area (Å²) in [5.41, 5.74) is 1.98. The van der Waals surface area contributed by atoms with Gasteiger partial charge in [-0.3, -0.25) is 14.0 Å². The Balaban J connectivity index is 1.94. The molecule has 0 spiro atoms. The zero-order chi connectivity index (χ0) is 13.9. The molecule has 0 radical (unpaired) electrons. The molecule has 1 amide bonds. The maximum atomic E-state index is 12.1. The third-order valence-electron chi connectivity index (χ3n) is 2.91. The van der Waals surface area contributed by atoms with Crippen molar-refractivity contribution in [1.82, 2.24) is 9.38 Å². The van der Waals surface area contributed by atoms with Gasteiger partial charge in [-0.25, -0.2) is 4.98 Å². The zero-order valence-corrected chi connectivity index (χ0v) is 10.5. The van der Waals surface area contributed by atoms with E-state index >= 15 is 0 Å². The molecule has 5 nitrogen and oxygen atoms in total. The van der Waals surface area contributed by atoms with Crippen LogP contribution < -0.4 is 5.32 Å². The van der Waals surface area contributed by atoms with Gasteiger partial charge >= 0.3 is 0 Å². The van der Waals surface area contributed by atoms with Crippen LogP contribution in [-0.2, 0) is 0 Å². The normalized spacial score (nSPS) is 10.4. The molecule has 0 aliphatic carbocycles. The number of rotatable bonds is 3. The largest absolute Gasteiger partial charge is 0.321 e. The van der Waals surface area contributed by atoms with E-state index in [-0.39, 0.29) is 11.6 Å². The summed E-state index contributed by atoms with van der Waals surface area (Å²) >= 11 is 0. The second kappa shape index (κ2) is 4.97. The third-order valence-corrected chi connectivity index (χ3v) is 2.91. The van der Waals surface area contributed by atoms with Crippen molar-refractivity contribution >= 4 is 23.5 Å². The maximum absolute atomic E-state index is 12.1. The Labute approximate surface area is 114 Å². The lowest BCUT2D eigenvalue weighted by Gasteiger charge is -2.01. The lowest BCUT2D eigenvalue weighted by molar-refractivity contribution is 0.102. The van der Waals surface area contributed by atoms with Crippen LogP contribution in [0.5, 0.6) is 0 Å². The summed E-state index contributed by atoms with van der Waals surface area (Å²) in [7, 11) is 0. The van der Waals surface area contributed by atoms with Crippen molar-refractivity contribution in [2.75, 3.05) is 5.32 Å². The molecule has 5 heteroatoms. The number of hydrogen-bond acceptors (Lipinski definition) is 3. The van der Waals surface area contributed by atoms with Crippen molar-refractivity contribution in [3.8, 4) is 0 Å². The number of anilines is 1. The van der Waals surface area contributed by atoms with Crippen molar-refractivity contribution in [2.24, 2.45) is 0 Å². The molecule has 0 aliphatic rings. The average molecular weight is 265 g/mol. The first kappa shape index (κ1) is 12.1. The summed E-state index contributed by atoms with van der Waals surface area (Å²) in [6.07, 6.45) is 2.28. The van der Waals surface area contributed by atoms with Crippen LogP contribution >= 0.6 is 0 Å². The molecule has 3 aromatic rings. The fourth-order valence-corrected chi connectivity index (χ4v) is 1.95. The second-order valence-corrected chi connectivity index (χ2v) is 4.24. The number of amides is 1. The number of nitrogens with one attached hydrogen (secondary N) is 1. The zero-order valence-electron chi connectivity index (χ0n) is 10.5. The molecule has 1 aromatic carbocycles. The molecule has 3 rings (SSSR count). The average Bonchev–Trinajstić information content (AvgIpc) is 2.92. The van der Waals surface area contributed by atoms with Crippen LogP contribution in [0.4, 0.5) is 5.69 Å². The first-order valence-corrected chi connectivity index (χ1v) is 6.07. The lowest BCUT2D eigenvalue weighted by atomic mass is 10.3. The molecule has 0 unspecified atom stereocenters. The van der Waals surface area contributed by atoms with Gasteiger partial charge in [-0.15, -0.1) is 0 Å². The molecular weight excluding hydrogens is 254 g/mol. The summed E-state index contributed by atoms with van der Waals surface area (Å²) in [5, 5.41) is 2.75. The van der Waals surface area contributed by atoms with Crippen LogP contribution in [0.25, 0.3) is 5.65 Å². The predicted octanol–water partition coefficient (Wildman–Crippen LogP) is 2.40. The highest BCUT2D eigenvalue weighted by Gasteiger charge is 2.12. The standard InChI is InChI=1S/C15H11N3O2/c19-10-12-7-4-8-14-17-13(9-18(12)14)15(20)16-11-5-2-1-3-6-11/h1-10H,(H,16,20). The Morgan fingerprint density at radius 3 is 2.65 bits per heavy atom. The van der Waals surface area contributed by atoms with Crippen LogP contribution in [0.1, 0.15) is 21.0 Å². The maximum Gasteiger partial charge on any atom is 0.275 e. The third kappa shape index (κ3) is 2.16. The van der Waals surface area contributed by atoms with Crippen LogP contribution in [0.3, 0.4) is 0 Å². The first-order valence-electron chi connectivity index (χ1n) is 6.07. The highest BCUT2D eigenvalue weighted by atomic mass is 16.2. The van der Waals surface area contributed by atoms with Crippen LogP contribution in [0.2, 0.25) is 0 Å². The molecule has 2 aromatic heterocycles. The number of imidazole rings is 1. The van der Waals surface area contributed by atoms with E-state index in [2.05, 4.69) is 10.3 Å². The van der Waals surface area contributed by atoms with E-state index in [0.717, 1.165) is 6.29 Å². The number of carbonyl (C=O) groups is 2. The molecule has 0 saturated heterocycles. The number of aldehydes is 1. The number of para-hydroxylation sites is 1. The van der Waals surface area contributed by atoms with Crippen LogP contribution in [-0.4, -0.2) is 21.6 Å². The molecule has 98 valence electrons. The number of nitrogens with zero attached hydrogens (tertiary/aromatic N) is 2. The number of carbonyl (C=O) groups excluding carboxylic acids is 2. The molecule has 0 fully saturated rings. The van der Waals surface area contributed by atoms with Gasteiger partial charge in [0.2, 0.25) is 0 Å². The van der Waals surface area contributed by atoms with Crippen LogP contribution in [0, 0.1) is 0 Å². The fourth-order valence-electron chi connectivity index (χ4n) is 1.95. The van der Waals surface area contributed by atoms with E-state index in [1.165, 1.54) is 0 Å². The van der Waals surface area contributed by atoms with Crippen molar-refractivity contribution in [1.29, 1.82) is 0 Å². The lowest BCUT2D eigenvalue weighted by Crippen LogP contribution is -2.12. The summed E-state index contributed by atoms with van der Waals surface area (Å²) in [6.45, 7) is 0. The Bertz CT molecular complexity index is 778. The van der Waals surface area contributed by atoms with Crippen molar-refractivity contribution in [2.45, 2.75) is 0 Å². The van der Waals surface area contributed by atoms with E-state index in [1.807, 2.05) is 18.2 Å². The Morgan fingerprint density at radius 1 is 1.10 bits per heavy atom. The Morgan fingerprint density at radius 2 is 1.90 bits per heavy atom. The molecule has 1 N–H and O–H groups in total. The van der Waals surface area contributed by atoms with Gasteiger partial charge in [0.25, 0.3) is 5.91 Å². The minimum Gasteiger partial charge on any atom is -0.321 e. The number of benzene rings is 1. The molecule has 0 atom stereocenters. The van der Waals surface area contributed by atoms with Gasteiger partial charge in [-0.2, -0.15) is 0 Å². The van der Waals surface area contributed by atoms with Gasteiger partial charge in [0.1, 0.15) is 11.3 Å². The Hall–Kier alpha value is -2.95. The quantitative estimate of drug-likeness (QED) is 0.739. The summed E-state index contributed by atoms with van der Waals surface area (Å²) < 4.78 is 1.59. The predicted molar refractivity (Wildman–Crippen MR) is 75.0 cm³/mol. The second-order valence-electron chi connectivity index (χ2n) is 4.24. The fraction of sp³-hybridized carbons (Fsp3) is 0. The minimum absolute atomic E-state index is 0.267.